The number of amidine groups is 1. The van der Waals surface area contributed by atoms with Crippen molar-refractivity contribution in [3.63, 3.8) is 0 Å². The monoisotopic (exact) mass is 275 g/mol. The van der Waals surface area contributed by atoms with Gasteiger partial charge in [-0.3, -0.25) is 4.99 Å². The van der Waals surface area contributed by atoms with Crippen LogP contribution in [0.25, 0.3) is 0 Å². The van der Waals surface area contributed by atoms with Crippen molar-refractivity contribution in [1.82, 2.24) is 5.32 Å². The molecule has 0 atom stereocenters. The van der Waals surface area contributed by atoms with Gasteiger partial charge >= 0.3 is 0 Å². The first kappa shape index (κ1) is 16.1. The maximum Gasteiger partial charge on any atom is 0.128 e. The van der Waals surface area contributed by atoms with Crippen LogP contribution in [-0.2, 0) is 11.2 Å². The van der Waals surface area contributed by atoms with E-state index < -0.39 is 0 Å². The first-order valence-electron chi connectivity index (χ1n) is 7.09. The van der Waals surface area contributed by atoms with Crippen LogP contribution in [0.1, 0.15) is 31.4 Å². The van der Waals surface area contributed by atoms with Crippen LogP contribution in [-0.4, -0.2) is 26.0 Å². The first-order valence-corrected chi connectivity index (χ1v) is 7.09. The lowest BCUT2D eigenvalue weighted by atomic mass is 10.0. The van der Waals surface area contributed by atoms with Crippen LogP contribution in [0.4, 0.5) is 5.69 Å². The number of benzene rings is 1. The van der Waals surface area contributed by atoms with Crippen LogP contribution in [0.5, 0.6) is 0 Å². The summed E-state index contributed by atoms with van der Waals surface area (Å²) in [7, 11) is 1.62. The molecule has 1 aliphatic rings. The summed E-state index contributed by atoms with van der Waals surface area (Å²) in [4.78, 5) is 4.57. The van der Waals surface area contributed by atoms with Crippen molar-refractivity contribution >= 4 is 11.5 Å². The Bertz CT molecular complexity index is 481. The van der Waals surface area contributed by atoms with Crippen molar-refractivity contribution in [3.8, 4) is 0 Å². The number of fused-ring (bicyclic) bond motifs is 1. The number of ether oxygens (including phenoxy) is 1. The number of nitrogens with one attached hydrogen (secondary N) is 1. The SMILES string of the molecule is C=C(CNC1=NCCCc2ccc(N)cc21)OC.CC. The number of nitrogens with zero attached hydrogens (tertiary/aromatic N) is 1. The smallest absolute Gasteiger partial charge is 0.128 e. The number of hydrogen-bond acceptors (Lipinski definition) is 4. The van der Waals surface area contributed by atoms with Crippen LogP contribution in [0.15, 0.2) is 35.5 Å². The molecule has 0 radical (unpaired) electrons. The fourth-order valence-electron chi connectivity index (χ4n) is 1.98. The molecule has 3 N–H and O–H groups in total. The second-order valence-corrected chi connectivity index (χ2v) is 4.35. The molecule has 0 unspecified atom stereocenters. The van der Waals surface area contributed by atoms with E-state index in [2.05, 4.69) is 23.0 Å². The van der Waals surface area contributed by atoms with Gasteiger partial charge in [-0.25, -0.2) is 0 Å². The lowest BCUT2D eigenvalue weighted by molar-refractivity contribution is 0.286. The highest BCUT2D eigenvalue weighted by atomic mass is 16.5. The van der Waals surface area contributed by atoms with Gasteiger partial charge in [0, 0.05) is 17.8 Å². The van der Waals surface area contributed by atoms with Crippen LogP contribution in [0.2, 0.25) is 0 Å². The van der Waals surface area contributed by atoms with E-state index in [1.54, 1.807) is 7.11 Å². The molecule has 0 saturated carbocycles. The van der Waals surface area contributed by atoms with Crippen molar-refractivity contribution in [2.45, 2.75) is 26.7 Å². The van der Waals surface area contributed by atoms with Gasteiger partial charge in [0.05, 0.1) is 13.7 Å². The van der Waals surface area contributed by atoms with E-state index in [0.29, 0.717) is 12.3 Å². The molecule has 2 rings (SSSR count). The summed E-state index contributed by atoms with van der Waals surface area (Å²) in [6.07, 6.45) is 2.10. The van der Waals surface area contributed by atoms with Crippen LogP contribution >= 0.6 is 0 Å². The molecule has 4 nitrogen and oxygen atoms in total. The molecular weight excluding hydrogens is 250 g/mol. The van der Waals surface area contributed by atoms with Crippen LogP contribution < -0.4 is 11.1 Å². The molecule has 0 fully saturated rings. The summed E-state index contributed by atoms with van der Waals surface area (Å²) in [5, 5.41) is 3.27. The fourth-order valence-corrected chi connectivity index (χ4v) is 1.98. The highest BCUT2D eigenvalue weighted by Gasteiger charge is 2.13. The molecule has 0 saturated heterocycles. The zero-order chi connectivity index (χ0) is 15.0. The molecule has 1 aromatic rings. The van der Waals surface area contributed by atoms with Crippen molar-refractivity contribution in [2.75, 3.05) is 25.9 Å². The van der Waals surface area contributed by atoms with E-state index in [9.17, 15) is 0 Å². The summed E-state index contributed by atoms with van der Waals surface area (Å²) in [5.41, 5.74) is 8.99. The molecule has 1 aliphatic heterocycles. The maximum atomic E-state index is 5.85. The summed E-state index contributed by atoms with van der Waals surface area (Å²) < 4.78 is 5.05. The molecular formula is C16H25N3O. The number of methoxy groups -OCH3 is 1. The Hall–Kier alpha value is -1.97. The number of anilines is 1. The van der Waals surface area contributed by atoms with Crippen molar-refractivity contribution in [1.29, 1.82) is 0 Å². The number of aryl methyl sites for hydroxylation is 1. The van der Waals surface area contributed by atoms with Gasteiger partial charge in [-0.1, -0.05) is 26.5 Å². The Morgan fingerprint density at radius 2 is 2.20 bits per heavy atom. The zero-order valence-corrected chi connectivity index (χ0v) is 12.7. The van der Waals surface area contributed by atoms with E-state index in [-0.39, 0.29) is 0 Å². The Kier molecular flexibility index (Phi) is 6.64. The van der Waals surface area contributed by atoms with Gasteiger partial charge < -0.3 is 15.8 Å². The maximum absolute atomic E-state index is 5.85. The predicted octanol–water partition coefficient (Wildman–Crippen LogP) is 2.74. The first-order chi connectivity index (χ1) is 9.70. The Morgan fingerprint density at radius 1 is 1.45 bits per heavy atom. The number of rotatable bonds is 3. The normalized spacial score (nSPS) is 13.1. The Balaban J connectivity index is 0.000000956. The minimum Gasteiger partial charge on any atom is -0.500 e. The van der Waals surface area contributed by atoms with E-state index in [0.717, 1.165) is 36.5 Å². The molecule has 0 spiro atoms. The van der Waals surface area contributed by atoms with E-state index >= 15 is 0 Å². The minimum absolute atomic E-state index is 0.559. The highest BCUT2D eigenvalue weighted by Crippen LogP contribution is 2.18. The van der Waals surface area contributed by atoms with Gasteiger partial charge in [0.1, 0.15) is 11.6 Å². The standard InChI is InChI=1S/C14H19N3O.C2H6/c1-10(18-2)9-17-14-13-8-12(15)6-5-11(13)4-3-7-16-14;1-2/h5-6,8H,1,3-4,7,9,15H2,2H3,(H,16,17);1-2H3. The molecule has 1 heterocycles. The summed E-state index contributed by atoms with van der Waals surface area (Å²) in [5.74, 6) is 1.57. The topological polar surface area (TPSA) is 59.6 Å². The lowest BCUT2D eigenvalue weighted by Gasteiger charge is -2.13. The number of aliphatic imine (C=N–C) groups is 1. The van der Waals surface area contributed by atoms with Crippen LogP contribution in [0, 0.1) is 0 Å². The van der Waals surface area contributed by atoms with Crippen molar-refractivity contribution in [3.05, 3.63) is 41.7 Å². The molecule has 0 aliphatic carbocycles. The molecule has 20 heavy (non-hydrogen) atoms. The van der Waals surface area contributed by atoms with E-state index in [1.165, 1.54) is 5.56 Å². The van der Waals surface area contributed by atoms with E-state index in [4.69, 9.17) is 10.5 Å². The predicted molar refractivity (Wildman–Crippen MR) is 86.1 cm³/mol. The number of nitrogen functional groups attached to an aromatic ring is 1. The van der Waals surface area contributed by atoms with Crippen molar-refractivity contribution in [2.24, 2.45) is 4.99 Å². The third-order valence-electron chi connectivity index (χ3n) is 3.00. The van der Waals surface area contributed by atoms with Gasteiger partial charge in [-0.15, -0.1) is 0 Å². The molecule has 0 amide bonds. The second-order valence-electron chi connectivity index (χ2n) is 4.35. The third-order valence-corrected chi connectivity index (χ3v) is 3.00. The zero-order valence-electron chi connectivity index (χ0n) is 12.7. The quantitative estimate of drug-likeness (QED) is 0.658. The highest BCUT2D eigenvalue weighted by molar-refractivity contribution is 6.01. The lowest BCUT2D eigenvalue weighted by Crippen LogP contribution is -2.27. The Morgan fingerprint density at radius 3 is 2.90 bits per heavy atom. The summed E-state index contributed by atoms with van der Waals surface area (Å²) >= 11 is 0. The molecule has 4 heteroatoms. The average molecular weight is 275 g/mol. The molecule has 110 valence electrons. The van der Waals surface area contributed by atoms with Crippen LogP contribution in [0.3, 0.4) is 0 Å². The minimum atomic E-state index is 0.559. The third kappa shape index (κ3) is 4.30. The van der Waals surface area contributed by atoms with Gasteiger partial charge in [-0.2, -0.15) is 0 Å². The van der Waals surface area contributed by atoms with Crippen molar-refractivity contribution < 1.29 is 4.74 Å². The summed E-state index contributed by atoms with van der Waals surface area (Å²) in [6.45, 7) is 9.18. The number of nitrogens with two attached hydrogens (primary N) is 1. The fraction of sp³-hybridized carbons (Fsp3) is 0.438. The largest absolute Gasteiger partial charge is 0.500 e. The molecule has 0 aromatic heterocycles. The Labute approximate surface area is 121 Å². The van der Waals surface area contributed by atoms with E-state index in [1.807, 2.05) is 26.0 Å². The van der Waals surface area contributed by atoms with Gasteiger partial charge in [0.15, 0.2) is 0 Å². The number of hydrogen-bond donors (Lipinski definition) is 2. The van der Waals surface area contributed by atoms with Gasteiger partial charge in [-0.05, 0) is 30.5 Å². The van der Waals surface area contributed by atoms with Gasteiger partial charge in [0.25, 0.3) is 0 Å². The van der Waals surface area contributed by atoms with Gasteiger partial charge in [0.2, 0.25) is 0 Å². The molecule has 0 bridgehead atoms. The molecule has 1 aromatic carbocycles. The average Bonchev–Trinajstić information content (AvgIpc) is 2.68. The second kappa shape index (κ2) is 8.25. The summed E-state index contributed by atoms with van der Waals surface area (Å²) in [6, 6.07) is 6.00.